The summed E-state index contributed by atoms with van der Waals surface area (Å²) in [6, 6.07) is 8.04. The minimum absolute atomic E-state index is 0.0178. The van der Waals surface area contributed by atoms with E-state index in [1.807, 2.05) is 31.2 Å². The van der Waals surface area contributed by atoms with E-state index >= 15 is 0 Å². The molecule has 8 heteroatoms. The smallest absolute Gasteiger partial charge is 0.327 e. The minimum Gasteiger partial charge on any atom is -0.465 e. The summed E-state index contributed by atoms with van der Waals surface area (Å²) in [5, 5.41) is 14.7. The first-order chi connectivity index (χ1) is 12.0. The maximum Gasteiger partial charge on any atom is 0.327 e. The Kier molecular flexibility index (Phi) is 5.15. The normalized spacial score (nSPS) is 10.9. The molecule has 0 saturated carbocycles. The zero-order chi connectivity index (χ0) is 18.0. The fraction of sp³-hybridized carbons (Fsp3) is 0.294. The summed E-state index contributed by atoms with van der Waals surface area (Å²) in [6.07, 6.45) is 0. The lowest BCUT2D eigenvalue weighted by Crippen LogP contribution is -2.15. The van der Waals surface area contributed by atoms with Gasteiger partial charge < -0.3 is 4.74 Å². The van der Waals surface area contributed by atoms with E-state index in [-0.39, 0.29) is 12.5 Å². The highest BCUT2D eigenvalue weighted by Gasteiger charge is 2.21. The second-order valence-corrected chi connectivity index (χ2v) is 6.85. The monoisotopic (exact) mass is 376 g/mol. The van der Waals surface area contributed by atoms with Gasteiger partial charge in [0.15, 0.2) is 5.01 Å². The lowest BCUT2D eigenvalue weighted by Gasteiger charge is -2.05. The van der Waals surface area contributed by atoms with Crippen molar-refractivity contribution in [3.63, 3.8) is 0 Å². The van der Waals surface area contributed by atoms with E-state index in [9.17, 15) is 4.79 Å². The quantitative estimate of drug-likeness (QED) is 0.631. The van der Waals surface area contributed by atoms with Crippen molar-refractivity contribution in [2.75, 3.05) is 6.61 Å². The Bertz CT molecular complexity index is 919. The molecule has 0 aliphatic carbocycles. The molecule has 0 bridgehead atoms. The predicted molar refractivity (Wildman–Crippen MR) is 97.7 cm³/mol. The van der Waals surface area contributed by atoms with Crippen LogP contribution in [0, 0.1) is 13.8 Å². The van der Waals surface area contributed by atoms with Gasteiger partial charge in [0.1, 0.15) is 17.2 Å². The number of hydrogen-bond donors (Lipinski definition) is 0. The van der Waals surface area contributed by atoms with Crippen molar-refractivity contribution >= 4 is 28.9 Å². The Balaban J connectivity index is 1.98. The van der Waals surface area contributed by atoms with E-state index in [0.29, 0.717) is 28.0 Å². The molecule has 0 saturated heterocycles. The highest BCUT2D eigenvalue weighted by Crippen LogP contribution is 2.35. The van der Waals surface area contributed by atoms with Gasteiger partial charge in [-0.2, -0.15) is 5.10 Å². The number of benzene rings is 1. The van der Waals surface area contributed by atoms with Crippen LogP contribution in [0.5, 0.6) is 0 Å². The van der Waals surface area contributed by atoms with Crippen LogP contribution in [0.1, 0.15) is 18.2 Å². The molecule has 1 aromatic carbocycles. The van der Waals surface area contributed by atoms with Gasteiger partial charge in [-0.05, 0) is 26.8 Å². The van der Waals surface area contributed by atoms with Crippen LogP contribution in [0.25, 0.3) is 21.3 Å². The number of aryl methyl sites for hydroxylation is 2. The van der Waals surface area contributed by atoms with E-state index in [1.54, 1.807) is 13.8 Å². The Morgan fingerprint density at radius 3 is 2.76 bits per heavy atom. The maximum absolute atomic E-state index is 11.8. The summed E-state index contributed by atoms with van der Waals surface area (Å²) in [4.78, 5) is 11.8. The first kappa shape index (κ1) is 17.6. The zero-order valence-electron chi connectivity index (χ0n) is 14.1. The van der Waals surface area contributed by atoms with E-state index in [1.165, 1.54) is 16.0 Å². The number of hydrogen-bond acceptors (Lipinski definition) is 6. The number of ether oxygens (including phenoxy) is 1. The maximum atomic E-state index is 11.8. The fourth-order valence-corrected chi connectivity index (χ4v) is 3.60. The number of halogens is 1. The fourth-order valence-electron chi connectivity index (χ4n) is 2.42. The Labute approximate surface area is 154 Å². The number of rotatable bonds is 5. The van der Waals surface area contributed by atoms with Gasteiger partial charge in [-0.25, -0.2) is 4.68 Å². The molecule has 3 aromatic rings. The van der Waals surface area contributed by atoms with Crippen molar-refractivity contribution < 1.29 is 9.53 Å². The number of esters is 1. The summed E-state index contributed by atoms with van der Waals surface area (Å²) in [7, 11) is 0. The third kappa shape index (κ3) is 3.72. The largest absolute Gasteiger partial charge is 0.465 e. The standard InChI is InChI=1S/C17H17ClN4O2S/c1-4-24-13(23)9-22-15(14(18)11(3)21-22)17-20-19-16(25-17)12-7-5-6-10(2)8-12/h5-8H,4,9H2,1-3H3. The van der Waals surface area contributed by atoms with Crippen molar-refractivity contribution in [3.05, 3.63) is 40.5 Å². The van der Waals surface area contributed by atoms with E-state index in [2.05, 4.69) is 15.3 Å². The summed E-state index contributed by atoms with van der Waals surface area (Å²) < 4.78 is 6.52. The summed E-state index contributed by atoms with van der Waals surface area (Å²) >= 11 is 7.80. The van der Waals surface area contributed by atoms with Crippen LogP contribution in [0.2, 0.25) is 5.02 Å². The van der Waals surface area contributed by atoms with Crippen LogP contribution in [-0.4, -0.2) is 32.6 Å². The van der Waals surface area contributed by atoms with Crippen molar-refractivity contribution in [3.8, 4) is 21.3 Å². The van der Waals surface area contributed by atoms with Gasteiger partial charge in [-0.3, -0.25) is 4.79 Å². The highest BCUT2D eigenvalue weighted by molar-refractivity contribution is 7.18. The molecule has 6 nitrogen and oxygen atoms in total. The third-order valence-electron chi connectivity index (χ3n) is 3.53. The van der Waals surface area contributed by atoms with Gasteiger partial charge >= 0.3 is 5.97 Å². The molecule has 2 aromatic heterocycles. The van der Waals surface area contributed by atoms with Crippen LogP contribution in [-0.2, 0) is 16.1 Å². The summed E-state index contributed by atoms with van der Waals surface area (Å²) in [5.41, 5.74) is 3.36. The first-order valence-electron chi connectivity index (χ1n) is 7.79. The Morgan fingerprint density at radius 2 is 2.04 bits per heavy atom. The summed E-state index contributed by atoms with van der Waals surface area (Å²) in [6.45, 7) is 5.88. The van der Waals surface area contributed by atoms with Crippen molar-refractivity contribution in [1.82, 2.24) is 20.0 Å². The minimum atomic E-state index is -0.369. The van der Waals surface area contributed by atoms with Crippen LogP contribution in [0.15, 0.2) is 24.3 Å². The number of aromatic nitrogens is 4. The average molecular weight is 377 g/mol. The van der Waals surface area contributed by atoms with Gasteiger partial charge in [-0.15, -0.1) is 10.2 Å². The zero-order valence-corrected chi connectivity index (χ0v) is 15.7. The second kappa shape index (κ2) is 7.33. The first-order valence-corrected chi connectivity index (χ1v) is 8.98. The highest BCUT2D eigenvalue weighted by atomic mass is 35.5. The average Bonchev–Trinajstić information content (AvgIpc) is 3.13. The van der Waals surface area contributed by atoms with Crippen LogP contribution < -0.4 is 0 Å². The van der Waals surface area contributed by atoms with Crippen molar-refractivity contribution in [1.29, 1.82) is 0 Å². The molecule has 0 fully saturated rings. The van der Waals surface area contributed by atoms with Crippen molar-refractivity contribution in [2.24, 2.45) is 0 Å². The molecule has 0 radical (unpaired) electrons. The van der Waals surface area contributed by atoms with Gasteiger partial charge in [0.2, 0.25) is 0 Å². The van der Waals surface area contributed by atoms with Crippen LogP contribution in [0.4, 0.5) is 0 Å². The molecule has 0 unspecified atom stereocenters. The van der Waals surface area contributed by atoms with Crippen molar-refractivity contribution in [2.45, 2.75) is 27.3 Å². The van der Waals surface area contributed by atoms with Crippen LogP contribution in [0.3, 0.4) is 0 Å². The van der Waals surface area contributed by atoms with E-state index < -0.39 is 0 Å². The molecule has 0 amide bonds. The van der Waals surface area contributed by atoms with E-state index in [0.717, 1.165) is 16.1 Å². The second-order valence-electron chi connectivity index (χ2n) is 5.49. The molecule has 3 rings (SSSR count). The van der Waals surface area contributed by atoms with Gasteiger partial charge in [0.25, 0.3) is 0 Å². The molecule has 0 aliphatic rings. The molecule has 2 heterocycles. The Hall–Kier alpha value is -2.25. The molecule has 25 heavy (non-hydrogen) atoms. The molecular weight excluding hydrogens is 360 g/mol. The van der Waals surface area contributed by atoms with Gasteiger partial charge in [-0.1, -0.05) is 46.7 Å². The third-order valence-corrected chi connectivity index (χ3v) is 4.96. The summed E-state index contributed by atoms with van der Waals surface area (Å²) in [5.74, 6) is -0.369. The molecular formula is C17H17ClN4O2S. The van der Waals surface area contributed by atoms with Crippen LogP contribution >= 0.6 is 22.9 Å². The lowest BCUT2D eigenvalue weighted by atomic mass is 10.1. The molecule has 0 aliphatic heterocycles. The predicted octanol–water partition coefficient (Wildman–Crippen LogP) is 3.90. The lowest BCUT2D eigenvalue weighted by molar-refractivity contribution is -0.144. The number of carbonyl (C=O) groups excluding carboxylic acids is 1. The Morgan fingerprint density at radius 1 is 1.28 bits per heavy atom. The molecule has 130 valence electrons. The topological polar surface area (TPSA) is 69.9 Å². The van der Waals surface area contributed by atoms with E-state index in [4.69, 9.17) is 16.3 Å². The van der Waals surface area contributed by atoms with Gasteiger partial charge in [0.05, 0.1) is 17.3 Å². The molecule has 0 N–H and O–H groups in total. The number of nitrogens with zero attached hydrogens (tertiary/aromatic N) is 4. The van der Waals surface area contributed by atoms with Gasteiger partial charge in [0, 0.05) is 5.56 Å². The molecule has 0 atom stereocenters. The number of carbonyl (C=O) groups is 1. The molecule has 0 spiro atoms. The SMILES string of the molecule is CCOC(=O)Cn1nc(C)c(Cl)c1-c1nnc(-c2cccc(C)c2)s1.